The minimum absolute atomic E-state index is 0.183. The fraction of sp³-hybridized carbons (Fsp3) is 0.923. The quantitative estimate of drug-likeness (QED) is 0.733. The van der Waals surface area contributed by atoms with Gasteiger partial charge in [-0.2, -0.15) is 0 Å². The maximum atomic E-state index is 11.7. The summed E-state index contributed by atoms with van der Waals surface area (Å²) in [6, 6.07) is 0. The lowest BCUT2D eigenvalue weighted by Gasteiger charge is -2.31. The zero-order valence-electron chi connectivity index (χ0n) is 11.8. The number of rotatable bonds is 6. The smallest absolute Gasteiger partial charge is 0.409 e. The molecular formula is C13H26N2O3. The zero-order valence-corrected chi connectivity index (χ0v) is 11.8. The van der Waals surface area contributed by atoms with Gasteiger partial charge in [0.2, 0.25) is 0 Å². The summed E-state index contributed by atoms with van der Waals surface area (Å²) in [7, 11) is 1.91. The molecule has 1 aliphatic rings. The van der Waals surface area contributed by atoms with Crippen molar-refractivity contribution in [2.45, 2.75) is 32.8 Å². The van der Waals surface area contributed by atoms with E-state index in [1.54, 1.807) is 4.90 Å². The van der Waals surface area contributed by atoms with E-state index in [9.17, 15) is 4.79 Å². The Morgan fingerprint density at radius 2 is 2.06 bits per heavy atom. The molecule has 1 fully saturated rings. The minimum atomic E-state index is -0.183. The molecule has 0 aromatic carbocycles. The Hall–Kier alpha value is -0.810. The molecule has 1 aliphatic heterocycles. The van der Waals surface area contributed by atoms with E-state index < -0.39 is 0 Å². The number of amides is 1. The lowest BCUT2D eigenvalue weighted by atomic mass is 10.1. The van der Waals surface area contributed by atoms with Crippen LogP contribution in [0.15, 0.2) is 0 Å². The normalized spacial score (nSPS) is 17.2. The molecule has 0 aliphatic carbocycles. The van der Waals surface area contributed by atoms with Crippen LogP contribution in [0.3, 0.4) is 0 Å². The van der Waals surface area contributed by atoms with Crippen molar-refractivity contribution in [2.75, 3.05) is 39.9 Å². The van der Waals surface area contributed by atoms with Crippen molar-refractivity contribution in [2.24, 2.45) is 5.92 Å². The summed E-state index contributed by atoms with van der Waals surface area (Å²) in [6.07, 6.45) is 1.91. The van der Waals surface area contributed by atoms with Gasteiger partial charge in [0.15, 0.2) is 0 Å². The molecule has 0 spiro atoms. The van der Waals surface area contributed by atoms with Gasteiger partial charge >= 0.3 is 6.09 Å². The molecule has 1 heterocycles. The highest BCUT2D eigenvalue weighted by Crippen LogP contribution is 2.14. The second kappa shape index (κ2) is 8.32. The summed E-state index contributed by atoms with van der Waals surface area (Å²) in [5.74, 6) is 0.386. The average Bonchev–Trinajstić information content (AvgIpc) is 2.37. The first-order valence-electron chi connectivity index (χ1n) is 6.81. The highest BCUT2D eigenvalue weighted by molar-refractivity contribution is 5.67. The van der Waals surface area contributed by atoms with Gasteiger partial charge in [0.25, 0.3) is 0 Å². The summed E-state index contributed by atoms with van der Waals surface area (Å²) in [5, 5.41) is 3.05. The minimum Gasteiger partial charge on any atom is -0.449 e. The van der Waals surface area contributed by atoms with Crippen LogP contribution in [0.1, 0.15) is 26.7 Å². The van der Waals surface area contributed by atoms with Gasteiger partial charge in [-0.15, -0.1) is 0 Å². The molecule has 1 amide bonds. The van der Waals surface area contributed by atoms with E-state index in [2.05, 4.69) is 5.32 Å². The summed E-state index contributed by atoms with van der Waals surface area (Å²) in [4.78, 5) is 13.5. The topological polar surface area (TPSA) is 50.8 Å². The molecule has 1 N–H and O–H groups in total. The Labute approximate surface area is 110 Å². The van der Waals surface area contributed by atoms with Crippen molar-refractivity contribution < 1.29 is 14.3 Å². The molecule has 0 aromatic heterocycles. The number of hydrogen-bond donors (Lipinski definition) is 1. The van der Waals surface area contributed by atoms with E-state index in [-0.39, 0.29) is 12.2 Å². The van der Waals surface area contributed by atoms with Gasteiger partial charge < -0.3 is 19.7 Å². The summed E-state index contributed by atoms with van der Waals surface area (Å²) in [5.41, 5.74) is 0. The van der Waals surface area contributed by atoms with Crippen LogP contribution in [-0.2, 0) is 9.47 Å². The number of carbonyl (C=O) groups excluding carboxylic acids is 1. The number of nitrogens with zero attached hydrogens (tertiary/aromatic N) is 1. The molecule has 0 aromatic rings. The van der Waals surface area contributed by atoms with E-state index in [1.807, 2.05) is 20.9 Å². The summed E-state index contributed by atoms with van der Waals surface area (Å²) in [6.45, 7) is 7.65. The molecule has 5 nitrogen and oxygen atoms in total. The number of hydrogen-bond acceptors (Lipinski definition) is 4. The number of ether oxygens (including phenoxy) is 2. The molecule has 106 valence electrons. The second-order valence-electron chi connectivity index (χ2n) is 5.13. The van der Waals surface area contributed by atoms with Crippen LogP contribution in [0, 0.1) is 5.92 Å². The van der Waals surface area contributed by atoms with Gasteiger partial charge in [-0.05, 0) is 25.8 Å². The molecule has 1 rings (SSSR count). The third-order valence-corrected chi connectivity index (χ3v) is 2.95. The molecular weight excluding hydrogens is 232 g/mol. The van der Waals surface area contributed by atoms with Gasteiger partial charge in [0.1, 0.15) is 0 Å². The predicted molar refractivity (Wildman–Crippen MR) is 70.7 cm³/mol. The Balaban J connectivity index is 2.16. The van der Waals surface area contributed by atoms with Crippen molar-refractivity contribution in [3.05, 3.63) is 0 Å². The number of likely N-dealkylation sites (tertiary alicyclic amines) is 1. The van der Waals surface area contributed by atoms with Gasteiger partial charge in [-0.3, -0.25) is 0 Å². The van der Waals surface area contributed by atoms with Gasteiger partial charge in [-0.1, -0.05) is 13.8 Å². The van der Waals surface area contributed by atoms with E-state index >= 15 is 0 Å². The molecule has 0 bridgehead atoms. The number of nitrogens with one attached hydrogen (secondary N) is 1. The summed E-state index contributed by atoms with van der Waals surface area (Å²) < 4.78 is 10.9. The first kappa shape index (κ1) is 15.2. The number of piperidine rings is 1. The highest BCUT2D eigenvalue weighted by atomic mass is 16.6. The van der Waals surface area contributed by atoms with Crippen LogP contribution < -0.4 is 5.32 Å². The van der Waals surface area contributed by atoms with Crippen molar-refractivity contribution in [3.63, 3.8) is 0 Å². The van der Waals surface area contributed by atoms with Crippen LogP contribution in [-0.4, -0.2) is 57.0 Å². The lowest BCUT2D eigenvalue weighted by molar-refractivity contribution is 0.00652. The van der Waals surface area contributed by atoms with E-state index in [4.69, 9.17) is 9.47 Å². The van der Waals surface area contributed by atoms with Gasteiger partial charge in [-0.25, -0.2) is 4.79 Å². The van der Waals surface area contributed by atoms with E-state index in [1.165, 1.54) is 0 Å². The van der Waals surface area contributed by atoms with E-state index in [0.29, 0.717) is 12.5 Å². The van der Waals surface area contributed by atoms with Crippen molar-refractivity contribution >= 4 is 6.09 Å². The van der Waals surface area contributed by atoms with Crippen molar-refractivity contribution in [3.8, 4) is 0 Å². The highest BCUT2D eigenvalue weighted by Gasteiger charge is 2.24. The number of carbonyl (C=O) groups is 1. The van der Waals surface area contributed by atoms with Crippen molar-refractivity contribution in [1.29, 1.82) is 0 Å². The number of likely N-dealkylation sites (N-methyl/N-ethyl adjacent to an activating group) is 1. The molecule has 1 saturated heterocycles. The molecule has 0 atom stereocenters. The third-order valence-electron chi connectivity index (χ3n) is 2.95. The van der Waals surface area contributed by atoms with Crippen LogP contribution in [0.2, 0.25) is 0 Å². The Bertz CT molecular complexity index is 238. The first-order valence-corrected chi connectivity index (χ1v) is 6.81. The Morgan fingerprint density at radius 3 is 2.61 bits per heavy atom. The third kappa shape index (κ3) is 5.69. The average molecular weight is 258 g/mol. The van der Waals surface area contributed by atoms with E-state index in [0.717, 1.165) is 39.1 Å². The maximum absolute atomic E-state index is 11.7. The molecule has 0 unspecified atom stereocenters. The fourth-order valence-corrected chi connectivity index (χ4v) is 1.86. The second-order valence-corrected chi connectivity index (χ2v) is 5.13. The van der Waals surface area contributed by atoms with Crippen LogP contribution in [0.4, 0.5) is 4.79 Å². The standard InChI is InChI=1S/C13H26N2O3/c1-11(2)10-18-13(16)15-7-4-12(5-8-15)17-9-6-14-3/h11-12,14H,4-10H2,1-3H3. The Kier molecular flexibility index (Phi) is 7.05. The fourth-order valence-electron chi connectivity index (χ4n) is 1.86. The molecule has 5 heteroatoms. The molecule has 0 radical (unpaired) electrons. The van der Waals surface area contributed by atoms with Crippen LogP contribution in [0.5, 0.6) is 0 Å². The molecule has 0 saturated carbocycles. The SMILES string of the molecule is CNCCOC1CCN(C(=O)OCC(C)C)CC1. The van der Waals surface area contributed by atoms with Crippen LogP contribution in [0.25, 0.3) is 0 Å². The summed E-state index contributed by atoms with van der Waals surface area (Å²) >= 11 is 0. The Morgan fingerprint density at radius 1 is 1.39 bits per heavy atom. The van der Waals surface area contributed by atoms with Crippen LogP contribution >= 0.6 is 0 Å². The largest absolute Gasteiger partial charge is 0.449 e. The maximum Gasteiger partial charge on any atom is 0.409 e. The molecule has 18 heavy (non-hydrogen) atoms. The van der Waals surface area contributed by atoms with Crippen molar-refractivity contribution in [1.82, 2.24) is 10.2 Å². The monoisotopic (exact) mass is 258 g/mol. The van der Waals surface area contributed by atoms with Gasteiger partial charge in [0, 0.05) is 19.6 Å². The first-order chi connectivity index (χ1) is 8.63. The van der Waals surface area contributed by atoms with Gasteiger partial charge in [0.05, 0.1) is 19.3 Å². The lowest BCUT2D eigenvalue weighted by Crippen LogP contribution is -2.41. The predicted octanol–water partition coefficient (Wildman–Crippen LogP) is 1.48. The zero-order chi connectivity index (χ0) is 13.4.